The third-order valence-corrected chi connectivity index (χ3v) is 7.21. The van der Waals surface area contributed by atoms with Crippen LogP contribution in [-0.4, -0.2) is 50.5 Å². The summed E-state index contributed by atoms with van der Waals surface area (Å²) in [6.45, 7) is 10.8. The fourth-order valence-corrected chi connectivity index (χ4v) is 5.33. The average molecular weight is 481 g/mol. The number of hydrogen-bond donors (Lipinski definition) is 0. The second kappa shape index (κ2) is 9.04. The second-order valence-corrected chi connectivity index (χ2v) is 10.9. The van der Waals surface area contributed by atoms with Crippen molar-refractivity contribution < 1.29 is 22.7 Å². The van der Waals surface area contributed by atoms with E-state index in [1.165, 1.54) is 0 Å². The summed E-state index contributed by atoms with van der Waals surface area (Å²) in [4.78, 5) is 19.2. The van der Waals surface area contributed by atoms with Crippen LogP contribution >= 0.6 is 0 Å². The molecule has 0 N–H and O–H groups in total. The number of piperidine rings is 1. The van der Waals surface area contributed by atoms with Crippen LogP contribution in [-0.2, 0) is 4.74 Å². The van der Waals surface area contributed by atoms with Gasteiger partial charge in [0, 0.05) is 36.7 Å². The van der Waals surface area contributed by atoms with Crippen LogP contribution in [0.25, 0.3) is 5.65 Å². The predicted molar refractivity (Wildman–Crippen MR) is 123 cm³/mol. The van der Waals surface area contributed by atoms with E-state index < -0.39 is 17.7 Å². The van der Waals surface area contributed by atoms with Crippen LogP contribution in [0.15, 0.2) is 6.07 Å². The van der Waals surface area contributed by atoms with E-state index in [9.17, 15) is 18.0 Å². The largest absolute Gasteiger partial charge is 0.444 e. The number of hydrogen-bond acceptors (Lipinski definition) is 4. The highest BCUT2D eigenvalue weighted by Gasteiger charge is 2.42. The number of likely N-dealkylation sites (tertiary alicyclic amines) is 1. The number of alkyl halides is 3. The standard InChI is InChI=1S/C25H35F3N4O2/c1-15-16(2)29-21-13-20(17-8-10-19(11-9-17)25(26,27)28)30-32(21)22(15)18-7-6-12-31(14-18)23(33)34-24(3,4)5/h13,17-19H,6-12,14H2,1-5H3/t17?,18-,19?/m0/s1. The smallest absolute Gasteiger partial charge is 0.410 e. The number of amides is 1. The topological polar surface area (TPSA) is 59.7 Å². The summed E-state index contributed by atoms with van der Waals surface area (Å²) in [7, 11) is 0. The summed E-state index contributed by atoms with van der Waals surface area (Å²) in [6, 6.07) is 1.93. The molecule has 34 heavy (non-hydrogen) atoms. The molecule has 1 aliphatic carbocycles. The van der Waals surface area contributed by atoms with Gasteiger partial charge in [0.1, 0.15) is 5.60 Å². The number of fused-ring (bicyclic) bond motifs is 1. The first-order chi connectivity index (χ1) is 15.8. The Hall–Kier alpha value is -2.32. The van der Waals surface area contributed by atoms with Crippen LogP contribution in [0.3, 0.4) is 0 Å². The Kier molecular flexibility index (Phi) is 6.59. The minimum atomic E-state index is -4.12. The molecule has 2 fully saturated rings. The molecule has 0 bridgehead atoms. The Balaban J connectivity index is 1.60. The number of ether oxygens (including phenoxy) is 1. The lowest BCUT2D eigenvalue weighted by Crippen LogP contribution is -2.42. The maximum absolute atomic E-state index is 13.1. The SMILES string of the molecule is Cc1nc2cc(C3CCC(C(F)(F)F)CC3)nn2c([C@H]2CCCN(C(=O)OC(C)(C)C)C2)c1C. The normalized spacial score (nSPS) is 24.5. The van der Waals surface area contributed by atoms with E-state index >= 15 is 0 Å². The van der Waals surface area contributed by atoms with Crippen LogP contribution in [0.4, 0.5) is 18.0 Å². The van der Waals surface area contributed by atoms with Crippen molar-refractivity contribution in [2.24, 2.45) is 5.92 Å². The minimum absolute atomic E-state index is 0.0124. The Morgan fingerprint density at radius 3 is 2.35 bits per heavy atom. The molecule has 0 radical (unpaired) electrons. The Morgan fingerprint density at radius 2 is 1.74 bits per heavy atom. The fourth-order valence-electron chi connectivity index (χ4n) is 5.33. The molecule has 0 aromatic carbocycles. The fraction of sp³-hybridized carbons (Fsp3) is 0.720. The zero-order valence-corrected chi connectivity index (χ0v) is 20.7. The molecule has 2 aromatic rings. The van der Waals surface area contributed by atoms with Crippen molar-refractivity contribution in [1.82, 2.24) is 19.5 Å². The highest BCUT2D eigenvalue weighted by Crippen LogP contribution is 2.43. The van der Waals surface area contributed by atoms with Gasteiger partial charge in [0.05, 0.1) is 17.3 Å². The summed E-state index contributed by atoms with van der Waals surface area (Å²) in [5.74, 6) is -1.11. The number of nitrogens with zero attached hydrogens (tertiary/aromatic N) is 4. The Bertz CT molecular complexity index is 1050. The van der Waals surface area contributed by atoms with Crippen molar-refractivity contribution in [3.05, 3.63) is 28.7 Å². The molecule has 4 rings (SSSR count). The third-order valence-electron chi connectivity index (χ3n) is 7.21. The number of halogens is 3. The van der Waals surface area contributed by atoms with E-state index in [1.807, 2.05) is 45.2 Å². The molecular weight excluding hydrogens is 445 g/mol. The first-order valence-corrected chi connectivity index (χ1v) is 12.2. The lowest BCUT2D eigenvalue weighted by Gasteiger charge is -2.35. The van der Waals surface area contributed by atoms with Gasteiger partial charge in [-0.2, -0.15) is 18.3 Å². The first-order valence-electron chi connectivity index (χ1n) is 12.2. The van der Waals surface area contributed by atoms with Crippen molar-refractivity contribution in [2.45, 2.75) is 96.8 Å². The van der Waals surface area contributed by atoms with E-state index in [0.717, 1.165) is 41.1 Å². The van der Waals surface area contributed by atoms with E-state index in [1.54, 1.807) is 4.90 Å². The number of carbonyl (C=O) groups excluding carboxylic acids is 1. The molecule has 2 aliphatic rings. The van der Waals surface area contributed by atoms with Crippen molar-refractivity contribution in [1.29, 1.82) is 0 Å². The molecule has 1 atom stereocenters. The number of rotatable bonds is 2. The predicted octanol–water partition coefficient (Wildman–Crippen LogP) is 6.30. The lowest BCUT2D eigenvalue weighted by molar-refractivity contribution is -0.182. The molecule has 188 valence electrons. The van der Waals surface area contributed by atoms with Gasteiger partial charge in [-0.1, -0.05) is 0 Å². The maximum atomic E-state index is 13.1. The third kappa shape index (κ3) is 5.18. The van der Waals surface area contributed by atoms with Gasteiger partial charge in [0.25, 0.3) is 0 Å². The Morgan fingerprint density at radius 1 is 1.06 bits per heavy atom. The molecule has 6 nitrogen and oxygen atoms in total. The molecular formula is C25H35F3N4O2. The molecule has 0 spiro atoms. The Labute approximate surface area is 198 Å². The molecule has 1 aliphatic heterocycles. The summed E-state index contributed by atoms with van der Waals surface area (Å²) in [5.41, 5.74) is 3.97. The second-order valence-electron chi connectivity index (χ2n) is 10.9. The average Bonchev–Trinajstić information content (AvgIpc) is 3.16. The summed E-state index contributed by atoms with van der Waals surface area (Å²) < 4.78 is 46.8. The van der Waals surface area contributed by atoms with Crippen LogP contribution in [0.2, 0.25) is 0 Å². The summed E-state index contributed by atoms with van der Waals surface area (Å²) >= 11 is 0. The van der Waals surface area contributed by atoms with Gasteiger partial charge in [-0.3, -0.25) is 0 Å². The van der Waals surface area contributed by atoms with Gasteiger partial charge in [-0.05, 0) is 78.7 Å². The maximum Gasteiger partial charge on any atom is 0.410 e. The van der Waals surface area contributed by atoms with Crippen molar-refractivity contribution in [2.75, 3.05) is 13.1 Å². The zero-order valence-electron chi connectivity index (χ0n) is 20.7. The van der Waals surface area contributed by atoms with Gasteiger partial charge in [-0.25, -0.2) is 14.3 Å². The van der Waals surface area contributed by atoms with Crippen molar-refractivity contribution in [3.8, 4) is 0 Å². The summed E-state index contributed by atoms with van der Waals surface area (Å²) in [6.07, 6.45) is -1.38. The molecule has 1 amide bonds. The van der Waals surface area contributed by atoms with E-state index in [4.69, 9.17) is 14.8 Å². The van der Waals surface area contributed by atoms with Crippen molar-refractivity contribution >= 4 is 11.7 Å². The number of aromatic nitrogens is 3. The highest BCUT2D eigenvalue weighted by atomic mass is 19.4. The lowest BCUT2D eigenvalue weighted by atomic mass is 9.80. The van der Waals surface area contributed by atoms with Gasteiger partial charge in [0.15, 0.2) is 5.65 Å². The van der Waals surface area contributed by atoms with Gasteiger partial charge < -0.3 is 9.64 Å². The van der Waals surface area contributed by atoms with Crippen LogP contribution < -0.4 is 0 Å². The van der Waals surface area contributed by atoms with Crippen LogP contribution in [0, 0.1) is 19.8 Å². The number of carbonyl (C=O) groups is 1. The van der Waals surface area contributed by atoms with E-state index in [-0.39, 0.29) is 30.8 Å². The van der Waals surface area contributed by atoms with Crippen LogP contribution in [0.5, 0.6) is 0 Å². The molecule has 9 heteroatoms. The molecule has 1 saturated heterocycles. The quantitative estimate of drug-likeness (QED) is 0.506. The molecule has 1 saturated carbocycles. The van der Waals surface area contributed by atoms with E-state index in [2.05, 4.69) is 0 Å². The van der Waals surface area contributed by atoms with Gasteiger partial charge in [-0.15, -0.1) is 0 Å². The molecule has 3 heterocycles. The summed E-state index contributed by atoms with van der Waals surface area (Å²) in [5, 5.41) is 4.87. The van der Waals surface area contributed by atoms with Gasteiger partial charge in [0.2, 0.25) is 0 Å². The molecule has 0 unspecified atom stereocenters. The zero-order chi connectivity index (χ0) is 24.8. The monoisotopic (exact) mass is 480 g/mol. The minimum Gasteiger partial charge on any atom is -0.444 e. The number of aryl methyl sites for hydroxylation is 1. The molecule has 2 aromatic heterocycles. The van der Waals surface area contributed by atoms with E-state index in [0.29, 0.717) is 25.9 Å². The highest BCUT2D eigenvalue weighted by molar-refractivity contribution is 5.68. The van der Waals surface area contributed by atoms with Gasteiger partial charge >= 0.3 is 12.3 Å². The van der Waals surface area contributed by atoms with Crippen molar-refractivity contribution in [3.63, 3.8) is 0 Å². The van der Waals surface area contributed by atoms with Crippen LogP contribution in [0.1, 0.15) is 93.8 Å². The first kappa shape index (κ1) is 24.8.